The second-order valence-electron chi connectivity index (χ2n) is 18.8. The number of hydrogen-bond acceptors (Lipinski definition) is 10. The zero-order chi connectivity index (χ0) is 51.9. The van der Waals surface area contributed by atoms with E-state index < -0.39 is 11.9 Å². The molecule has 0 amide bonds. The number of aromatic hydroxyl groups is 2. The lowest BCUT2D eigenvalue weighted by atomic mass is 9.92. The van der Waals surface area contributed by atoms with E-state index in [0.717, 1.165) is 101 Å². The van der Waals surface area contributed by atoms with Crippen molar-refractivity contribution >= 4 is 68.7 Å². The smallest absolute Gasteiger partial charge is 0.344 e. The van der Waals surface area contributed by atoms with Crippen molar-refractivity contribution in [3.05, 3.63) is 164 Å². The van der Waals surface area contributed by atoms with E-state index in [1.165, 1.54) is 24.6 Å². The Labute approximate surface area is 430 Å². The van der Waals surface area contributed by atoms with Crippen LogP contribution in [-0.4, -0.2) is 67.6 Å². The van der Waals surface area contributed by atoms with Gasteiger partial charge in [-0.15, -0.1) is 0 Å². The molecule has 0 unspecified atom stereocenters. The topological polar surface area (TPSA) is 175 Å². The van der Waals surface area contributed by atoms with Crippen molar-refractivity contribution in [2.45, 2.75) is 81.1 Å². The minimum Gasteiger partial charge on any atom is -0.507 e. The van der Waals surface area contributed by atoms with Gasteiger partial charge in [0.25, 0.3) is 0 Å². The maximum absolute atomic E-state index is 14.6. The number of nitrogens with zero attached hydrogens (tertiary/aromatic N) is 4. The van der Waals surface area contributed by atoms with Gasteiger partial charge >= 0.3 is 11.9 Å². The number of fused-ring (bicyclic) bond motifs is 2. The Balaban J connectivity index is 1.34. The molecule has 13 rings (SSSR count). The number of aromatic nitrogens is 4. The summed E-state index contributed by atoms with van der Waals surface area (Å²) in [6.45, 7) is 17.5. The van der Waals surface area contributed by atoms with Gasteiger partial charge in [0, 0.05) is 69.0 Å². The number of carbonyl (C=O) groups excluding carboxylic acids is 2. The SMILES string of the molecule is CCC1=C(C)c2nc1cc1[nH]c(c(C)c1CC)c1c3nc(cc4[nH]c(c(C)c4CC)c2-c2ccccc2C(=O)Oc2ccc(c(O)c2)C=NCCN=Cc2ccc(cc2O)OC(=O)c2ccccc2-1)C(CC)=C3C. The summed E-state index contributed by atoms with van der Waals surface area (Å²) in [5.74, 6) is -1.11. The van der Waals surface area contributed by atoms with Crippen molar-refractivity contribution < 1.29 is 29.3 Å². The van der Waals surface area contributed by atoms with Crippen LogP contribution in [-0.2, 0) is 12.8 Å². The molecule has 6 aliphatic heterocycles. The Morgan fingerprint density at radius 2 is 0.905 bits per heavy atom. The number of allylic oxidation sites excluding steroid dienone is 4. The highest BCUT2D eigenvalue weighted by Gasteiger charge is 2.29. The molecule has 0 aliphatic carbocycles. The third-order valence-electron chi connectivity index (χ3n) is 14.5. The van der Waals surface area contributed by atoms with Crippen LogP contribution in [0, 0.1) is 13.8 Å². The van der Waals surface area contributed by atoms with E-state index >= 15 is 0 Å². The van der Waals surface area contributed by atoms with Crippen LogP contribution in [0.15, 0.2) is 107 Å². The molecule has 0 saturated carbocycles. The van der Waals surface area contributed by atoms with Crippen molar-refractivity contribution in [2.24, 2.45) is 9.98 Å². The van der Waals surface area contributed by atoms with E-state index in [0.29, 0.717) is 59.1 Å². The van der Waals surface area contributed by atoms with Crippen molar-refractivity contribution in [3.63, 3.8) is 0 Å². The number of aliphatic imine (C=N–C) groups is 2. The minimum atomic E-state index is -0.603. The molecule has 0 fully saturated rings. The molecule has 14 bridgehead atoms. The first-order chi connectivity index (χ1) is 35.8. The van der Waals surface area contributed by atoms with Crippen molar-refractivity contribution in [2.75, 3.05) is 13.1 Å². The molecule has 0 spiro atoms. The predicted molar refractivity (Wildman–Crippen MR) is 297 cm³/mol. The Bertz CT molecular complexity index is 3550. The summed E-state index contributed by atoms with van der Waals surface area (Å²) in [4.78, 5) is 56.9. The molecule has 9 heterocycles. The summed E-state index contributed by atoms with van der Waals surface area (Å²) in [6.07, 6.45) is 5.82. The number of aromatic amines is 2. The molecule has 12 nitrogen and oxygen atoms in total. The van der Waals surface area contributed by atoms with E-state index in [2.05, 4.69) is 87.5 Å². The number of benzene rings is 4. The highest BCUT2D eigenvalue weighted by Crippen LogP contribution is 2.45. The molecule has 372 valence electrons. The van der Waals surface area contributed by atoms with Gasteiger partial charge in [-0.3, -0.25) is 9.98 Å². The summed E-state index contributed by atoms with van der Waals surface area (Å²) >= 11 is 0. The van der Waals surface area contributed by atoms with Crippen LogP contribution in [0.5, 0.6) is 23.0 Å². The highest BCUT2D eigenvalue weighted by atomic mass is 16.5. The monoisotopic (exact) mass is 982 g/mol. The van der Waals surface area contributed by atoms with E-state index in [1.807, 2.05) is 36.4 Å². The van der Waals surface area contributed by atoms with Crippen LogP contribution in [0.25, 0.3) is 66.6 Å². The molecule has 6 aliphatic rings. The summed E-state index contributed by atoms with van der Waals surface area (Å²) in [6, 6.07) is 28.5. The fourth-order valence-electron chi connectivity index (χ4n) is 10.8. The standard InChI is InChI=1S/C62H58N6O6/c1-9-41-33(5)57-55-45-17-13-15-19-47(45)61(71)73-39-23-21-37(53(69)27-39)31-63-25-26-64-32-38-22-24-40(28-54(38)70)74-62(72)48-20-16-14-18-46(48)56(59-34(6)42(10-2)50(66-59)29-49(41)65-57)60-36(8)44(12-4)52(68-60)30-51-43(11-3)35(7)58(55)67-51/h13-24,27-32,65,68-70H,9-12,25-26H2,1-8H3. The molecule has 3 aromatic heterocycles. The molecule has 4 aromatic carbocycles. The van der Waals surface area contributed by atoms with Crippen molar-refractivity contribution in [1.82, 2.24) is 19.9 Å². The van der Waals surface area contributed by atoms with Gasteiger partial charge in [-0.25, -0.2) is 19.6 Å². The molecule has 4 N–H and O–H groups in total. The molecular weight excluding hydrogens is 925 g/mol. The number of esters is 2. The molecule has 0 atom stereocenters. The second-order valence-corrected chi connectivity index (χ2v) is 18.8. The quantitative estimate of drug-likeness (QED) is 0.0995. The number of H-pyrrole nitrogens is 2. The number of phenolic OH excluding ortho intramolecular Hbond substituents is 2. The lowest BCUT2D eigenvalue weighted by Gasteiger charge is -2.13. The van der Waals surface area contributed by atoms with E-state index in [9.17, 15) is 19.8 Å². The van der Waals surface area contributed by atoms with Gasteiger partial charge in [0.1, 0.15) is 23.0 Å². The Morgan fingerprint density at radius 1 is 0.514 bits per heavy atom. The van der Waals surface area contributed by atoms with Gasteiger partial charge in [-0.1, -0.05) is 64.1 Å². The molecule has 7 aromatic rings. The minimum absolute atomic E-state index is 0.115. The van der Waals surface area contributed by atoms with Gasteiger partial charge in [0.15, 0.2) is 0 Å². The Morgan fingerprint density at radius 3 is 1.27 bits per heavy atom. The molecular formula is C62H58N6O6. The first-order valence-electron chi connectivity index (χ1n) is 25.3. The van der Waals surface area contributed by atoms with Crippen LogP contribution >= 0.6 is 0 Å². The van der Waals surface area contributed by atoms with Crippen LogP contribution in [0.2, 0.25) is 0 Å². The van der Waals surface area contributed by atoms with Gasteiger partial charge < -0.3 is 29.7 Å². The second kappa shape index (κ2) is 20.1. The third kappa shape index (κ3) is 8.69. The van der Waals surface area contributed by atoms with Crippen LogP contribution < -0.4 is 9.47 Å². The average molecular weight is 983 g/mol. The highest BCUT2D eigenvalue weighted by molar-refractivity contribution is 6.09. The predicted octanol–water partition coefficient (Wildman–Crippen LogP) is 13.8. The van der Waals surface area contributed by atoms with E-state index in [4.69, 9.17) is 19.4 Å². The molecule has 0 radical (unpaired) electrons. The molecule has 12 heteroatoms. The number of rotatable bonds is 4. The summed E-state index contributed by atoms with van der Waals surface area (Å²) in [5, 5.41) is 22.2. The van der Waals surface area contributed by atoms with Gasteiger partial charge in [-0.2, -0.15) is 0 Å². The van der Waals surface area contributed by atoms with Gasteiger partial charge in [0.05, 0.1) is 58.0 Å². The van der Waals surface area contributed by atoms with E-state index in [1.54, 1.807) is 36.4 Å². The lowest BCUT2D eigenvalue weighted by Crippen LogP contribution is -2.10. The number of ether oxygens (including phenoxy) is 2. The summed E-state index contributed by atoms with van der Waals surface area (Å²) in [5.41, 5.74) is 19.0. The van der Waals surface area contributed by atoms with Crippen LogP contribution in [0.4, 0.5) is 0 Å². The van der Waals surface area contributed by atoms with Gasteiger partial charge in [0.2, 0.25) is 0 Å². The number of nitrogens with one attached hydrogen (secondary N) is 2. The molecule has 0 saturated heterocycles. The first kappa shape index (κ1) is 49.0. The fraction of sp³-hybridized carbons (Fsp3) is 0.226. The molecule has 74 heavy (non-hydrogen) atoms. The lowest BCUT2D eigenvalue weighted by molar-refractivity contribution is 0.0725. The maximum Gasteiger partial charge on any atom is 0.344 e. The maximum atomic E-state index is 14.6. The number of hydrogen-bond donors (Lipinski definition) is 4. The first-order valence-corrected chi connectivity index (χ1v) is 25.3. The zero-order valence-corrected chi connectivity index (χ0v) is 43.0. The fourth-order valence-corrected chi connectivity index (χ4v) is 10.8. The summed E-state index contributed by atoms with van der Waals surface area (Å²) < 4.78 is 12.2. The normalized spacial score (nSPS) is 13.9. The number of phenols is 2. The van der Waals surface area contributed by atoms with Crippen molar-refractivity contribution in [3.8, 4) is 45.3 Å². The van der Waals surface area contributed by atoms with Crippen molar-refractivity contribution in [1.29, 1.82) is 0 Å². The largest absolute Gasteiger partial charge is 0.507 e. The Kier molecular flexibility index (Phi) is 13.3. The van der Waals surface area contributed by atoms with Crippen LogP contribution in [0.1, 0.15) is 131 Å². The third-order valence-corrected chi connectivity index (χ3v) is 14.5. The average Bonchev–Trinajstić information content (AvgIpc) is 4.09. The number of carbonyl (C=O) groups is 2. The zero-order valence-electron chi connectivity index (χ0n) is 43.0. The van der Waals surface area contributed by atoms with E-state index in [-0.39, 0.29) is 36.1 Å². The summed E-state index contributed by atoms with van der Waals surface area (Å²) in [7, 11) is 0. The van der Waals surface area contributed by atoms with Gasteiger partial charge in [-0.05, 0) is 146 Å². The number of aryl methyl sites for hydroxylation is 4. The Hall–Kier alpha value is -8.64. The van der Waals surface area contributed by atoms with Crippen LogP contribution in [0.3, 0.4) is 0 Å².